The molecule has 0 aliphatic heterocycles. The Labute approximate surface area is 215 Å². The van der Waals surface area contributed by atoms with Gasteiger partial charge in [0.2, 0.25) is 0 Å². The van der Waals surface area contributed by atoms with Crippen LogP contribution < -0.4 is 10.1 Å². The third kappa shape index (κ3) is 6.83. The molecule has 0 fully saturated rings. The Balaban J connectivity index is 1.32. The number of hydrogen-bond donors (Lipinski definition) is 1. The fraction of sp³-hybridized carbons (Fsp3) is 0.154. The number of sulfone groups is 2. The number of aromatic nitrogens is 2. The average molecular weight is 540 g/mol. The monoisotopic (exact) mass is 539 g/mol. The molecule has 0 atom stereocenters. The van der Waals surface area contributed by atoms with Gasteiger partial charge in [0.05, 0.1) is 15.5 Å². The molecule has 0 saturated heterocycles. The minimum Gasteiger partial charge on any atom is -0.489 e. The molecule has 3 aromatic carbocycles. The number of carbonyl (C=O) groups excluding carboxylic acids is 1. The van der Waals surface area contributed by atoms with Crippen LogP contribution in [0.2, 0.25) is 0 Å². The van der Waals surface area contributed by atoms with Gasteiger partial charge in [-0.25, -0.2) is 26.6 Å². The molecule has 1 heterocycles. The Morgan fingerprint density at radius 2 is 1.35 bits per heavy atom. The van der Waals surface area contributed by atoms with Gasteiger partial charge in [-0.15, -0.1) is 0 Å². The summed E-state index contributed by atoms with van der Waals surface area (Å²) < 4.78 is 53.4. The molecule has 9 nitrogen and oxygen atoms in total. The summed E-state index contributed by atoms with van der Waals surface area (Å²) in [6.07, 6.45) is 5.34. The van der Waals surface area contributed by atoms with Crippen molar-refractivity contribution in [2.75, 3.05) is 12.5 Å². The summed E-state index contributed by atoms with van der Waals surface area (Å²) in [6.45, 7) is 0.522. The number of benzene rings is 3. The lowest BCUT2D eigenvalue weighted by atomic mass is 10.1. The fourth-order valence-electron chi connectivity index (χ4n) is 3.43. The van der Waals surface area contributed by atoms with E-state index in [1.165, 1.54) is 29.3 Å². The van der Waals surface area contributed by atoms with Crippen molar-refractivity contribution in [2.45, 2.75) is 22.9 Å². The van der Waals surface area contributed by atoms with Gasteiger partial charge in [-0.2, -0.15) is 0 Å². The largest absolute Gasteiger partial charge is 0.489 e. The van der Waals surface area contributed by atoms with Crippen LogP contribution in [0.15, 0.2) is 95.1 Å². The maximum atomic E-state index is 12.5. The second kappa shape index (κ2) is 10.6. The van der Waals surface area contributed by atoms with Crippen LogP contribution in [0, 0.1) is 0 Å². The summed E-state index contributed by atoms with van der Waals surface area (Å²) in [5, 5.41) is 2.77. The van der Waals surface area contributed by atoms with Crippen LogP contribution in [0.5, 0.6) is 5.75 Å². The van der Waals surface area contributed by atoms with Gasteiger partial charge in [0.15, 0.2) is 19.7 Å². The Morgan fingerprint density at radius 1 is 0.811 bits per heavy atom. The molecular formula is C26H25N3O6S2. The summed E-state index contributed by atoms with van der Waals surface area (Å²) in [4.78, 5) is 17.3. The lowest BCUT2D eigenvalue weighted by Crippen LogP contribution is -2.27. The standard InChI is InChI=1S/C26H25N3O6S2/c1-36(31,32)23-11-3-19(4-12-23)15-27-26(30)29-16-25(28-18-29)21-7-9-22(10-8-21)35-17-20-5-13-24(14-6-20)37(2,33)34/h3-14,16,18H,15,17H2,1-2H3,(H,27,30). The van der Waals surface area contributed by atoms with Crippen LogP contribution in [0.4, 0.5) is 4.79 Å². The molecule has 4 rings (SSSR count). The zero-order valence-electron chi connectivity index (χ0n) is 20.2. The maximum absolute atomic E-state index is 12.5. The smallest absolute Gasteiger partial charge is 0.327 e. The van der Waals surface area contributed by atoms with Crippen molar-refractivity contribution in [3.8, 4) is 17.0 Å². The molecule has 0 aliphatic carbocycles. The van der Waals surface area contributed by atoms with Crippen LogP contribution >= 0.6 is 0 Å². The van der Waals surface area contributed by atoms with E-state index < -0.39 is 19.7 Å². The molecule has 1 amide bonds. The molecule has 1 N–H and O–H groups in total. The fourth-order valence-corrected chi connectivity index (χ4v) is 4.69. The van der Waals surface area contributed by atoms with Crippen LogP contribution in [0.1, 0.15) is 11.1 Å². The highest BCUT2D eigenvalue weighted by molar-refractivity contribution is 7.91. The number of hydrogen-bond acceptors (Lipinski definition) is 7. The first-order chi connectivity index (χ1) is 17.5. The van der Waals surface area contributed by atoms with E-state index in [0.717, 1.165) is 22.9 Å². The van der Waals surface area contributed by atoms with Crippen molar-refractivity contribution in [2.24, 2.45) is 0 Å². The van der Waals surface area contributed by atoms with E-state index in [1.54, 1.807) is 54.7 Å². The van der Waals surface area contributed by atoms with E-state index in [4.69, 9.17) is 4.74 Å². The van der Waals surface area contributed by atoms with E-state index in [9.17, 15) is 21.6 Å². The van der Waals surface area contributed by atoms with Gasteiger partial charge in [0, 0.05) is 30.8 Å². The zero-order valence-corrected chi connectivity index (χ0v) is 21.8. The average Bonchev–Trinajstić information content (AvgIpc) is 3.36. The number of imidazole rings is 1. The zero-order chi connectivity index (χ0) is 26.6. The van der Waals surface area contributed by atoms with Gasteiger partial charge in [-0.1, -0.05) is 24.3 Å². The number of amides is 1. The van der Waals surface area contributed by atoms with E-state index in [2.05, 4.69) is 10.3 Å². The van der Waals surface area contributed by atoms with Crippen molar-refractivity contribution in [1.82, 2.24) is 14.9 Å². The maximum Gasteiger partial charge on any atom is 0.327 e. The second-order valence-corrected chi connectivity index (χ2v) is 12.5. The van der Waals surface area contributed by atoms with Gasteiger partial charge >= 0.3 is 6.03 Å². The lowest BCUT2D eigenvalue weighted by Gasteiger charge is -2.08. The predicted octanol–water partition coefficient (Wildman–Crippen LogP) is 3.69. The molecular weight excluding hydrogens is 514 g/mol. The van der Waals surface area contributed by atoms with Gasteiger partial charge in [-0.3, -0.25) is 4.57 Å². The van der Waals surface area contributed by atoms with Crippen LogP contribution in [-0.2, 0) is 32.8 Å². The summed E-state index contributed by atoms with van der Waals surface area (Å²) in [6, 6.07) is 19.7. The molecule has 0 bridgehead atoms. The van der Waals surface area contributed by atoms with Gasteiger partial charge in [0.25, 0.3) is 0 Å². The summed E-state index contributed by atoms with van der Waals surface area (Å²) in [5.74, 6) is 0.634. The number of ether oxygens (including phenoxy) is 1. The SMILES string of the molecule is CS(=O)(=O)c1ccc(CNC(=O)n2cnc(-c3ccc(OCc4ccc(S(C)(=O)=O)cc4)cc3)c2)cc1. The van der Waals surface area contributed by atoms with Crippen LogP contribution in [0.25, 0.3) is 11.3 Å². The highest BCUT2D eigenvalue weighted by atomic mass is 32.2. The highest BCUT2D eigenvalue weighted by Gasteiger charge is 2.10. The molecule has 0 saturated carbocycles. The van der Waals surface area contributed by atoms with E-state index >= 15 is 0 Å². The van der Waals surface area contributed by atoms with Crippen molar-refractivity contribution in [3.63, 3.8) is 0 Å². The normalized spacial score (nSPS) is 11.7. The molecule has 0 aliphatic rings. The topological polar surface area (TPSA) is 124 Å². The van der Waals surface area contributed by atoms with E-state index in [-0.39, 0.29) is 29.0 Å². The first kappa shape index (κ1) is 26.1. The number of nitrogens with one attached hydrogen (secondary N) is 1. The third-order valence-corrected chi connectivity index (χ3v) is 7.78. The Hall–Kier alpha value is -3.96. The Kier molecular flexibility index (Phi) is 7.46. The summed E-state index contributed by atoms with van der Waals surface area (Å²) >= 11 is 0. The third-order valence-electron chi connectivity index (χ3n) is 5.52. The minimum absolute atomic E-state index is 0.224. The Morgan fingerprint density at radius 3 is 1.89 bits per heavy atom. The Bertz CT molecular complexity index is 1610. The quantitative estimate of drug-likeness (QED) is 0.362. The van der Waals surface area contributed by atoms with E-state index in [1.807, 2.05) is 12.1 Å². The van der Waals surface area contributed by atoms with Crippen molar-refractivity contribution >= 4 is 25.7 Å². The molecule has 0 radical (unpaired) electrons. The number of rotatable bonds is 8. The van der Waals surface area contributed by atoms with Gasteiger partial charge < -0.3 is 10.1 Å². The predicted molar refractivity (Wildman–Crippen MR) is 139 cm³/mol. The molecule has 0 spiro atoms. The molecule has 4 aromatic rings. The first-order valence-corrected chi connectivity index (χ1v) is 14.9. The summed E-state index contributed by atoms with van der Waals surface area (Å²) in [7, 11) is -6.50. The molecule has 192 valence electrons. The van der Waals surface area contributed by atoms with Gasteiger partial charge in [0.1, 0.15) is 18.7 Å². The van der Waals surface area contributed by atoms with Crippen molar-refractivity contribution in [1.29, 1.82) is 0 Å². The molecule has 0 unspecified atom stereocenters. The lowest BCUT2D eigenvalue weighted by molar-refractivity contribution is 0.242. The van der Waals surface area contributed by atoms with Crippen LogP contribution in [0.3, 0.4) is 0 Å². The number of nitrogens with zero attached hydrogens (tertiary/aromatic N) is 2. The van der Waals surface area contributed by atoms with Crippen molar-refractivity contribution < 1.29 is 26.4 Å². The first-order valence-electron chi connectivity index (χ1n) is 11.1. The highest BCUT2D eigenvalue weighted by Crippen LogP contribution is 2.22. The minimum atomic E-state index is -3.27. The number of carbonyl (C=O) groups is 1. The van der Waals surface area contributed by atoms with Gasteiger partial charge in [-0.05, 0) is 59.7 Å². The van der Waals surface area contributed by atoms with Crippen molar-refractivity contribution in [3.05, 3.63) is 96.4 Å². The molecule has 11 heteroatoms. The second-order valence-electron chi connectivity index (χ2n) is 8.47. The summed E-state index contributed by atoms with van der Waals surface area (Å²) in [5.41, 5.74) is 3.01. The molecule has 37 heavy (non-hydrogen) atoms. The van der Waals surface area contributed by atoms with E-state index in [0.29, 0.717) is 11.4 Å². The van der Waals surface area contributed by atoms with Crippen LogP contribution in [-0.4, -0.2) is 44.9 Å². The molecule has 1 aromatic heterocycles.